The second-order valence-electron chi connectivity index (χ2n) is 4.14. The zero-order chi connectivity index (χ0) is 11.3. The lowest BCUT2D eigenvalue weighted by atomic mass is 10.4. The summed E-state index contributed by atoms with van der Waals surface area (Å²) in [6.45, 7) is 4.82. The molecule has 2 N–H and O–H groups in total. The Bertz CT molecular complexity index is 81.0. The molecular formula is C12H26N2S2. The van der Waals surface area contributed by atoms with Crippen LogP contribution in [-0.2, 0) is 0 Å². The minimum absolute atomic E-state index is 1.20. The van der Waals surface area contributed by atoms with Crippen LogP contribution < -0.4 is 10.6 Å². The summed E-state index contributed by atoms with van der Waals surface area (Å²) in [4.78, 5) is 0. The lowest BCUT2D eigenvalue weighted by Crippen LogP contribution is -2.19. The zero-order valence-electron chi connectivity index (χ0n) is 10.3. The second kappa shape index (κ2) is 12.1. The minimum Gasteiger partial charge on any atom is -0.317 e. The first-order valence-electron chi connectivity index (χ1n) is 6.57. The van der Waals surface area contributed by atoms with Crippen molar-refractivity contribution in [3.05, 3.63) is 0 Å². The third kappa shape index (κ3) is 9.82. The fourth-order valence-electron chi connectivity index (χ4n) is 1.65. The molecule has 1 heterocycles. The van der Waals surface area contributed by atoms with Crippen LogP contribution in [0.5, 0.6) is 0 Å². The molecule has 0 aliphatic carbocycles. The number of nitrogens with one attached hydrogen (secondary N) is 2. The molecule has 0 spiro atoms. The highest BCUT2D eigenvalue weighted by atomic mass is 32.2. The van der Waals surface area contributed by atoms with E-state index < -0.39 is 0 Å². The molecule has 1 aliphatic rings. The summed E-state index contributed by atoms with van der Waals surface area (Å²) < 4.78 is 0. The first kappa shape index (κ1) is 14.7. The average Bonchev–Trinajstić information content (AvgIpc) is 2.29. The summed E-state index contributed by atoms with van der Waals surface area (Å²) in [5, 5.41) is 7.06. The average molecular weight is 262 g/mol. The second-order valence-corrected chi connectivity index (χ2v) is 6.59. The van der Waals surface area contributed by atoms with Crippen LogP contribution >= 0.6 is 23.5 Å². The molecule has 1 aliphatic heterocycles. The van der Waals surface area contributed by atoms with Gasteiger partial charge in [0.25, 0.3) is 0 Å². The summed E-state index contributed by atoms with van der Waals surface area (Å²) in [6.07, 6.45) is 5.30. The van der Waals surface area contributed by atoms with Crippen LogP contribution in [0.25, 0.3) is 0 Å². The highest BCUT2D eigenvalue weighted by molar-refractivity contribution is 7.99. The molecule has 0 radical (unpaired) electrons. The molecule has 16 heavy (non-hydrogen) atoms. The fourth-order valence-corrected chi connectivity index (χ4v) is 3.45. The number of thioether (sulfide) groups is 2. The van der Waals surface area contributed by atoms with Gasteiger partial charge in [-0.2, -0.15) is 23.5 Å². The van der Waals surface area contributed by atoms with E-state index in [0.29, 0.717) is 0 Å². The predicted molar refractivity (Wildman–Crippen MR) is 78.9 cm³/mol. The van der Waals surface area contributed by atoms with Crippen LogP contribution in [0.15, 0.2) is 0 Å². The van der Waals surface area contributed by atoms with E-state index in [9.17, 15) is 0 Å². The van der Waals surface area contributed by atoms with Gasteiger partial charge in [0, 0.05) is 0 Å². The Kier molecular flexibility index (Phi) is 11.1. The third-order valence-corrected chi connectivity index (χ3v) is 4.88. The molecule has 0 amide bonds. The molecule has 0 bridgehead atoms. The lowest BCUT2D eigenvalue weighted by molar-refractivity contribution is 0.659. The van der Waals surface area contributed by atoms with Crippen molar-refractivity contribution in [2.45, 2.75) is 25.7 Å². The van der Waals surface area contributed by atoms with Crippen LogP contribution in [0.1, 0.15) is 25.7 Å². The van der Waals surface area contributed by atoms with Crippen molar-refractivity contribution in [3.8, 4) is 0 Å². The van der Waals surface area contributed by atoms with Gasteiger partial charge in [-0.05, 0) is 74.9 Å². The van der Waals surface area contributed by atoms with Crippen molar-refractivity contribution >= 4 is 23.5 Å². The van der Waals surface area contributed by atoms with E-state index in [1.807, 2.05) is 0 Å². The molecule has 0 saturated carbocycles. The van der Waals surface area contributed by atoms with Crippen molar-refractivity contribution in [2.24, 2.45) is 0 Å². The van der Waals surface area contributed by atoms with E-state index in [4.69, 9.17) is 0 Å². The summed E-state index contributed by atoms with van der Waals surface area (Å²) >= 11 is 4.21. The van der Waals surface area contributed by atoms with Gasteiger partial charge in [-0.25, -0.2) is 0 Å². The summed E-state index contributed by atoms with van der Waals surface area (Å²) in [5.41, 5.74) is 0. The van der Waals surface area contributed by atoms with E-state index in [1.165, 1.54) is 74.9 Å². The van der Waals surface area contributed by atoms with Gasteiger partial charge in [-0.15, -0.1) is 0 Å². The molecule has 1 fully saturated rings. The molecule has 0 aromatic carbocycles. The van der Waals surface area contributed by atoms with Crippen LogP contribution in [0, 0.1) is 0 Å². The van der Waals surface area contributed by atoms with E-state index in [1.54, 1.807) is 0 Å². The Hall–Kier alpha value is 0.620. The number of hydrogen-bond acceptors (Lipinski definition) is 4. The Morgan fingerprint density at radius 3 is 1.12 bits per heavy atom. The highest BCUT2D eigenvalue weighted by Crippen LogP contribution is 2.05. The van der Waals surface area contributed by atoms with Crippen LogP contribution in [0.4, 0.5) is 0 Å². The van der Waals surface area contributed by atoms with Gasteiger partial charge < -0.3 is 10.6 Å². The summed E-state index contributed by atoms with van der Waals surface area (Å²) in [6, 6.07) is 0. The SMILES string of the molecule is C1CNCCCSCCCNCCCSC1. The standard InChI is InChI=1S/C12H26N2S2/c1-5-13-6-2-11-16-12-4-8-14-7-3-10-15-9-1/h13-14H,1-12H2. The third-order valence-electron chi connectivity index (χ3n) is 2.57. The topological polar surface area (TPSA) is 24.1 Å². The zero-order valence-corrected chi connectivity index (χ0v) is 11.9. The molecule has 4 heteroatoms. The van der Waals surface area contributed by atoms with Crippen molar-refractivity contribution in [1.29, 1.82) is 0 Å². The quantitative estimate of drug-likeness (QED) is 0.699. The van der Waals surface area contributed by atoms with Crippen LogP contribution in [0.2, 0.25) is 0 Å². The summed E-state index contributed by atoms with van der Waals surface area (Å²) in [7, 11) is 0. The molecule has 0 atom stereocenters. The first-order valence-corrected chi connectivity index (χ1v) is 8.88. The van der Waals surface area contributed by atoms with Gasteiger partial charge in [0.2, 0.25) is 0 Å². The Labute approximate surface area is 109 Å². The van der Waals surface area contributed by atoms with Crippen LogP contribution in [0.3, 0.4) is 0 Å². The summed E-state index contributed by atoms with van der Waals surface area (Å²) in [5.74, 6) is 5.28. The van der Waals surface area contributed by atoms with Gasteiger partial charge in [0.05, 0.1) is 0 Å². The van der Waals surface area contributed by atoms with Crippen molar-refractivity contribution in [2.75, 3.05) is 49.2 Å². The Balaban J connectivity index is 2.00. The fraction of sp³-hybridized carbons (Fsp3) is 1.00. The van der Waals surface area contributed by atoms with Gasteiger partial charge >= 0.3 is 0 Å². The smallest absolute Gasteiger partial charge is 0.00410 e. The monoisotopic (exact) mass is 262 g/mol. The number of rotatable bonds is 0. The molecule has 96 valence electrons. The van der Waals surface area contributed by atoms with E-state index in [0.717, 1.165) is 0 Å². The molecule has 1 rings (SSSR count). The Morgan fingerprint density at radius 1 is 0.500 bits per heavy atom. The Morgan fingerprint density at radius 2 is 0.812 bits per heavy atom. The maximum Gasteiger partial charge on any atom is -0.00410 e. The maximum atomic E-state index is 3.53. The van der Waals surface area contributed by atoms with E-state index in [-0.39, 0.29) is 0 Å². The van der Waals surface area contributed by atoms with E-state index in [2.05, 4.69) is 34.2 Å². The van der Waals surface area contributed by atoms with Gasteiger partial charge in [-0.1, -0.05) is 0 Å². The van der Waals surface area contributed by atoms with Gasteiger partial charge in [0.15, 0.2) is 0 Å². The number of hydrogen-bond donors (Lipinski definition) is 2. The van der Waals surface area contributed by atoms with Gasteiger partial charge in [0.1, 0.15) is 0 Å². The molecule has 2 nitrogen and oxygen atoms in total. The molecule has 1 saturated heterocycles. The van der Waals surface area contributed by atoms with Crippen molar-refractivity contribution in [3.63, 3.8) is 0 Å². The molecular weight excluding hydrogens is 236 g/mol. The molecule has 0 aromatic rings. The van der Waals surface area contributed by atoms with Crippen molar-refractivity contribution in [1.82, 2.24) is 10.6 Å². The largest absolute Gasteiger partial charge is 0.317 e. The van der Waals surface area contributed by atoms with E-state index >= 15 is 0 Å². The normalized spacial score (nSPS) is 24.0. The predicted octanol–water partition coefficient (Wildman–Crippen LogP) is 2.21. The highest BCUT2D eigenvalue weighted by Gasteiger charge is 1.95. The lowest BCUT2D eigenvalue weighted by Gasteiger charge is -2.08. The van der Waals surface area contributed by atoms with Gasteiger partial charge in [-0.3, -0.25) is 0 Å². The minimum atomic E-state index is 1.20. The molecule has 0 aromatic heterocycles. The first-order chi connectivity index (χ1) is 8.00. The van der Waals surface area contributed by atoms with Crippen LogP contribution in [-0.4, -0.2) is 49.2 Å². The van der Waals surface area contributed by atoms with Crippen molar-refractivity contribution < 1.29 is 0 Å². The molecule has 0 unspecified atom stereocenters. The maximum absolute atomic E-state index is 3.53.